The van der Waals surface area contributed by atoms with Gasteiger partial charge in [0.1, 0.15) is 41.9 Å². The standard InChI is InChI=1S/C41H53F2N4O8P/c1-2-53-38-22-37(31-16-10-11-19-35(31)45-38)54-30-21-28(25-48)47(24-30)39(49)36(46-40(50)55-29-14-8-9-15-29)20-7-5-3-4-6-13-27-23-41(27,44)56(51,52)26-32-33(42)17-12-18-34(32)43/h10-12,16-19,22,25,27-30,36H,2-9,13-15,20-21,23-24,26,44H2,1H3,(H,46,50)(H,51,52)/t27-,28+,30?,36+,41+/m1/s1. The van der Waals surface area contributed by atoms with Crippen molar-refractivity contribution in [3.8, 4) is 11.6 Å². The lowest BCUT2D eigenvalue weighted by atomic mass is 10.0. The molecule has 56 heavy (non-hydrogen) atoms. The highest BCUT2D eigenvalue weighted by atomic mass is 31.2. The van der Waals surface area contributed by atoms with E-state index < -0.39 is 60.3 Å². The second kappa shape index (κ2) is 18.4. The van der Waals surface area contributed by atoms with E-state index in [9.17, 15) is 32.6 Å². The topological polar surface area (TPSA) is 170 Å². The van der Waals surface area contributed by atoms with Gasteiger partial charge in [0.15, 0.2) is 0 Å². The van der Waals surface area contributed by atoms with Gasteiger partial charge in [-0.1, -0.05) is 50.3 Å². The van der Waals surface area contributed by atoms with Gasteiger partial charge in [-0.25, -0.2) is 18.6 Å². The number of nitrogens with one attached hydrogen (secondary N) is 1. The number of amides is 2. The molecule has 1 aromatic heterocycles. The van der Waals surface area contributed by atoms with Crippen LogP contribution in [0.3, 0.4) is 0 Å². The summed E-state index contributed by atoms with van der Waals surface area (Å²) in [6.45, 7) is 2.44. The zero-order chi connectivity index (χ0) is 39.9. The number of hydrogen-bond donors (Lipinski definition) is 3. The van der Waals surface area contributed by atoms with Gasteiger partial charge in [-0.2, -0.15) is 0 Å². The Morgan fingerprint density at radius 3 is 2.52 bits per heavy atom. The highest BCUT2D eigenvalue weighted by Crippen LogP contribution is 2.70. The van der Waals surface area contributed by atoms with Crippen LogP contribution in [0.4, 0.5) is 13.6 Å². The van der Waals surface area contributed by atoms with Crippen molar-refractivity contribution < 1.29 is 46.8 Å². The minimum Gasteiger partial charge on any atom is -0.488 e. The molecule has 3 fully saturated rings. The first kappa shape index (κ1) is 41.5. The molecule has 1 saturated heterocycles. The van der Waals surface area contributed by atoms with E-state index in [1.807, 2.05) is 31.2 Å². The van der Waals surface area contributed by atoms with Crippen molar-refractivity contribution in [1.29, 1.82) is 0 Å². The highest BCUT2D eigenvalue weighted by Gasteiger charge is 2.62. The molecule has 3 aromatic rings. The fourth-order valence-corrected chi connectivity index (χ4v) is 10.4. The number of likely N-dealkylation sites (tertiary alicyclic amines) is 1. The second-order valence-electron chi connectivity index (χ2n) is 15.4. The zero-order valence-corrected chi connectivity index (χ0v) is 32.8. The molecule has 2 aliphatic carbocycles. The molecular weight excluding hydrogens is 745 g/mol. The number of aldehydes is 1. The monoisotopic (exact) mass is 798 g/mol. The van der Waals surface area contributed by atoms with Crippen molar-refractivity contribution in [2.24, 2.45) is 11.7 Å². The number of aromatic nitrogens is 1. The van der Waals surface area contributed by atoms with Crippen molar-refractivity contribution in [2.75, 3.05) is 13.2 Å². The molecule has 6 rings (SSSR count). The van der Waals surface area contributed by atoms with E-state index >= 15 is 0 Å². The van der Waals surface area contributed by atoms with Gasteiger partial charge in [0, 0.05) is 23.4 Å². The van der Waals surface area contributed by atoms with E-state index in [-0.39, 0.29) is 30.9 Å². The van der Waals surface area contributed by atoms with Crippen LogP contribution in [0.1, 0.15) is 96.0 Å². The average Bonchev–Trinajstić information content (AvgIpc) is 3.45. The van der Waals surface area contributed by atoms with Crippen molar-refractivity contribution in [3.05, 3.63) is 65.7 Å². The Kier molecular flexibility index (Phi) is 13.7. The summed E-state index contributed by atoms with van der Waals surface area (Å²) >= 11 is 0. The molecule has 3 aliphatic rings. The third kappa shape index (κ3) is 9.87. The molecule has 12 nitrogen and oxygen atoms in total. The van der Waals surface area contributed by atoms with Gasteiger partial charge < -0.3 is 39.8 Å². The molecule has 0 bridgehead atoms. The van der Waals surface area contributed by atoms with Crippen LogP contribution >= 0.6 is 7.37 Å². The summed E-state index contributed by atoms with van der Waals surface area (Å²) in [5.74, 6) is -1.36. The number of unbranched alkanes of at least 4 members (excludes halogenated alkanes) is 4. The van der Waals surface area contributed by atoms with E-state index in [1.54, 1.807) is 6.07 Å². The van der Waals surface area contributed by atoms with Gasteiger partial charge in [0.05, 0.1) is 36.2 Å². The normalized spacial score (nSPS) is 23.7. The number of fused-ring (bicyclic) bond motifs is 1. The molecule has 0 spiro atoms. The van der Waals surface area contributed by atoms with Gasteiger partial charge in [-0.15, -0.1) is 0 Å². The number of benzene rings is 2. The van der Waals surface area contributed by atoms with Crippen LogP contribution in [-0.2, 0) is 25.1 Å². The number of alkyl carbamates (subject to hydrolysis) is 1. The molecule has 2 aromatic carbocycles. The summed E-state index contributed by atoms with van der Waals surface area (Å²) in [6.07, 6.45) is 7.62. The molecule has 4 N–H and O–H groups in total. The van der Waals surface area contributed by atoms with Crippen molar-refractivity contribution in [1.82, 2.24) is 15.2 Å². The molecule has 1 aliphatic heterocycles. The molecule has 15 heteroatoms. The van der Waals surface area contributed by atoms with Crippen molar-refractivity contribution >= 4 is 36.6 Å². The molecule has 6 atom stereocenters. The summed E-state index contributed by atoms with van der Waals surface area (Å²) < 4.78 is 59.2. The minimum atomic E-state index is -4.08. The maximum Gasteiger partial charge on any atom is 0.408 e. The summed E-state index contributed by atoms with van der Waals surface area (Å²) in [5.41, 5.74) is 6.59. The summed E-state index contributed by atoms with van der Waals surface area (Å²) in [5, 5.41) is 2.23. The number of hydrogen-bond acceptors (Lipinski definition) is 9. The molecule has 2 unspecified atom stereocenters. The van der Waals surface area contributed by atoms with E-state index in [0.29, 0.717) is 49.4 Å². The molecule has 2 heterocycles. The number of nitrogens with zero attached hydrogens (tertiary/aromatic N) is 2. The number of carbonyl (C=O) groups excluding carboxylic acids is 3. The number of para-hydroxylation sites is 1. The lowest BCUT2D eigenvalue weighted by Gasteiger charge is -2.27. The maximum atomic E-state index is 14.2. The van der Waals surface area contributed by atoms with Crippen LogP contribution in [0.25, 0.3) is 10.9 Å². The van der Waals surface area contributed by atoms with Crippen LogP contribution in [-0.4, -0.2) is 75.8 Å². The number of nitrogens with two attached hydrogens (primary N) is 1. The van der Waals surface area contributed by atoms with E-state index in [0.717, 1.165) is 75.2 Å². The Morgan fingerprint density at radius 2 is 1.79 bits per heavy atom. The predicted octanol–water partition coefficient (Wildman–Crippen LogP) is 7.37. The Morgan fingerprint density at radius 1 is 1.07 bits per heavy atom. The summed E-state index contributed by atoms with van der Waals surface area (Å²) in [7, 11) is -4.08. The maximum absolute atomic E-state index is 14.2. The predicted molar refractivity (Wildman–Crippen MR) is 206 cm³/mol. The fraction of sp³-hybridized carbons (Fsp3) is 0.561. The number of pyridine rings is 1. The first-order valence-corrected chi connectivity index (χ1v) is 21.7. The van der Waals surface area contributed by atoms with Crippen LogP contribution in [0.2, 0.25) is 0 Å². The van der Waals surface area contributed by atoms with E-state index in [1.165, 1.54) is 11.0 Å². The highest BCUT2D eigenvalue weighted by molar-refractivity contribution is 7.59. The van der Waals surface area contributed by atoms with Gasteiger partial charge in [0.25, 0.3) is 0 Å². The van der Waals surface area contributed by atoms with Gasteiger partial charge in [-0.3, -0.25) is 9.36 Å². The number of rotatable bonds is 19. The largest absolute Gasteiger partial charge is 0.488 e. The van der Waals surface area contributed by atoms with Gasteiger partial charge in [-0.05, 0) is 82.1 Å². The van der Waals surface area contributed by atoms with Crippen LogP contribution in [0, 0.1) is 17.6 Å². The second-order valence-corrected chi connectivity index (χ2v) is 17.9. The Labute approximate surface area is 326 Å². The van der Waals surface area contributed by atoms with Crippen molar-refractivity contribution in [3.63, 3.8) is 0 Å². The summed E-state index contributed by atoms with van der Waals surface area (Å²) in [4.78, 5) is 56.2. The first-order chi connectivity index (χ1) is 26.9. The Bertz CT molecular complexity index is 1890. The molecule has 0 radical (unpaired) electrons. The van der Waals surface area contributed by atoms with Gasteiger partial charge >= 0.3 is 6.09 Å². The lowest BCUT2D eigenvalue weighted by Crippen LogP contribution is -2.51. The number of ether oxygens (including phenoxy) is 3. The molecule has 2 saturated carbocycles. The third-order valence-corrected chi connectivity index (χ3v) is 14.0. The van der Waals surface area contributed by atoms with Crippen LogP contribution < -0.4 is 20.5 Å². The minimum absolute atomic E-state index is 0.151. The smallest absolute Gasteiger partial charge is 0.408 e. The molecule has 2 amide bonds. The molecular formula is C41H53F2N4O8P. The van der Waals surface area contributed by atoms with Gasteiger partial charge in [0.2, 0.25) is 19.2 Å². The quantitative estimate of drug-likeness (QED) is 0.0632. The van der Waals surface area contributed by atoms with Crippen LogP contribution in [0.5, 0.6) is 11.6 Å². The SMILES string of the molecule is CCOc1cc(OC2C[C@@H](C=O)N(C(=O)[C@H](CCCCCCC[C@@H]3C[C@]3(N)P(=O)(O)Cc3c(F)cccc3F)NC(=O)OC3CCCC3)C2)c2ccccc2n1. The molecule has 304 valence electrons. The first-order valence-electron chi connectivity index (χ1n) is 19.9. The number of carbonyl (C=O) groups is 3. The van der Waals surface area contributed by atoms with Crippen LogP contribution in [0.15, 0.2) is 48.5 Å². The van der Waals surface area contributed by atoms with E-state index in [2.05, 4.69) is 10.3 Å². The Hall–Kier alpha value is -4.13. The number of halogens is 2. The van der Waals surface area contributed by atoms with Crippen molar-refractivity contribution in [2.45, 2.75) is 126 Å². The fourth-order valence-electron chi connectivity index (χ4n) is 8.13. The zero-order valence-electron chi connectivity index (χ0n) is 31.9. The lowest BCUT2D eigenvalue weighted by molar-refractivity contribution is -0.136. The summed E-state index contributed by atoms with van der Waals surface area (Å²) in [6, 6.07) is 10.9. The Balaban J connectivity index is 1.01. The van der Waals surface area contributed by atoms with E-state index in [4.69, 9.17) is 19.9 Å². The average molecular weight is 799 g/mol. The third-order valence-electron chi connectivity index (χ3n) is 11.4.